The van der Waals surface area contributed by atoms with E-state index in [0.29, 0.717) is 6.54 Å². The van der Waals surface area contributed by atoms with Crippen LogP contribution < -0.4 is 5.69 Å². The van der Waals surface area contributed by atoms with Crippen molar-refractivity contribution in [2.75, 3.05) is 13.1 Å². The van der Waals surface area contributed by atoms with Crippen molar-refractivity contribution in [3.8, 4) is 0 Å². The monoisotopic (exact) mass is 303 g/mol. The standard InChI is InChI=1S/C15H17N3O2S/c1-10-4-5-13(21-10)14(19)18-8-2-3-11(9-18)12-6-7-16-15(20)17-12/h4-7,11H,2-3,8-9H2,1H3,(H,16,17,20). The first-order valence-corrected chi connectivity index (χ1v) is 7.86. The van der Waals surface area contributed by atoms with E-state index in [2.05, 4.69) is 9.97 Å². The number of rotatable bonds is 2. The molecule has 2 aromatic heterocycles. The van der Waals surface area contributed by atoms with E-state index in [1.54, 1.807) is 0 Å². The third-order valence-electron chi connectivity index (χ3n) is 3.80. The molecule has 1 amide bonds. The molecule has 2 aromatic rings. The molecule has 1 atom stereocenters. The number of hydrogen-bond acceptors (Lipinski definition) is 4. The van der Waals surface area contributed by atoms with Gasteiger partial charge in [0.1, 0.15) is 0 Å². The Labute approximate surface area is 126 Å². The van der Waals surface area contributed by atoms with Gasteiger partial charge in [0.05, 0.1) is 4.88 Å². The number of carbonyl (C=O) groups excluding carboxylic acids is 1. The highest BCUT2D eigenvalue weighted by Gasteiger charge is 2.26. The zero-order chi connectivity index (χ0) is 14.8. The van der Waals surface area contributed by atoms with Crippen LogP contribution in [-0.2, 0) is 0 Å². The average Bonchev–Trinajstić information content (AvgIpc) is 2.93. The van der Waals surface area contributed by atoms with E-state index in [-0.39, 0.29) is 17.5 Å². The summed E-state index contributed by atoms with van der Waals surface area (Å²) in [6.07, 6.45) is 3.45. The molecule has 0 radical (unpaired) electrons. The predicted molar refractivity (Wildman–Crippen MR) is 81.8 cm³/mol. The predicted octanol–water partition coefficient (Wildman–Crippen LogP) is 2.16. The Bertz CT molecular complexity index is 707. The number of likely N-dealkylation sites (tertiary alicyclic amines) is 1. The van der Waals surface area contributed by atoms with Gasteiger partial charge in [0.2, 0.25) is 0 Å². The Morgan fingerprint density at radius 2 is 2.29 bits per heavy atom. The topological polar surface area (TPSA) is 66.1 Å². The minimum Gasteiger partial charge on any atom is -0.337 e. The zero-order valence-corrected chi connectivity index (χ0v) is 12.7. The number of nitrogens with zero attached hydrogens (tertiary/aromatic N) is 2. The van der Waals surface area contributed by atoms with Crippen LogP contribution in [0.4, 0.5) is 0 Å². The Morgan fingerprint density at radius 3 is 3.00 bits per heavy atom. The Balaban J connectivity index is 1.77. The molecule has 0 saturated carbocycles. The normalized spacial score (nSPS) is 18.7. The van der Waals surface area contributed by atoms with Crippen molar-refractivity contribution in [1.29, 1.82) is 0 Å². The quantitative estimate of drug-likeness (QED) is 0.924. The summed E-state index contributed by atoms with van der Waals surface area (Å²) in [7, 11) is 0. The molecular formula is C15H17N3O2S. The minimum atomic E-state index is -0.329. The fourth-order valence-electron chi connectivity index (χ4n) is 2.74. The summed E-state index contributed by atoms with van der Waals surface area (Å²) in [5, 5.41) is 0. The fourth-order valence-corrected chi connectivity index (χ4v) is 3.58. The lowest BCUT2D eigenvalue weighted by atomic mass is 9.94. The largest absolute Gasteiger partial charge is 0.345 e. The first kappa shape index (κ1) is 14.0. The lowest BCUT2D eigenvalue weighted by Gasteiger charge is -2.32. The third-order valence-corrected chi connectivity index (χ3v) is 4.79. The number of carbonyl (C=O) groups is 1. The van der Waals surface area contributed by atoms with Gasteiger partial charge in [-0.15, -0.1) is 11.3 Å². The SMILES string of the molecule is Cc1ccc(C(=O)N2CCCC(c3ccnc(=O)[nH]3)C2)s1. The molecule has 1 saturated heterocycles. The number of H-pyrrole nitrogens is 1. The molecular weight excluding hydrogens is 286 g/mol. The van der Waals surface area contributed by atoms with E-state index in [9.17, 15) is 9.59 Å². The maximum Gasteiger partial charge on any atom is 0.345 e. The van der Waals surface area contributed by atoms with E-state index in [4.69, 9.17) is 0 Å². The maximum absolute atomic E-state index is 12.5. The summed E-state index contributed by atoms with van der Waals surface area (Å²) in [5.74, 6) is 0.272. The van der Waals surface area contributed by atoms with Crippen LogP contribution in [0.15, 0.2) is 29.2 Å². The second kappa shape index (κ2) is 5.81. The Kier molecular flexibility index (Phi) is 3.88. The molecule has 6 heteroatoms. The van der Waals surface area contributed by atoms with Gasteiger partial charge in [0.25, 0.3) is 5.91 Å². The highest BCUT2D eigenvalue weighted by Crippen LogP contribution is 2.27. The van der Waals surface area contributed by atoms with E-state index >= 15 is 0 Å². The second-order valence-electron chi connectivity index (χ2n) is 5.33. The smallest absolute Gasteiger partial charge is 0.337 e. The van der Waals surface area contributed by atoms with Crippen LogP contribution in [0, 0.1) is 6.92 Å². The van der Waals surface area contributed by atoms with Gasteiger partial charge in [-0.05, 0) is 38.0 Å². The highest BCUT2D eigenvalue weighted by molar-refractivity contribution is 7.13. The number of hydrogen-bond donors (Lipinski definition) is 1. The fraction of sp³-hybridized carbons (Fsp3) is 0.400. The van der Waals surface area contributed by atoms with Crippen LogP contribution in [0.2, 0.25) is 0 Å². The molecule has 1 N–H and O–H groups in total. The number of thiophene rings is 1. The maximum atomic E-state index is 12.5. The average molecular weight is 303 g/mol. The number of nitrogens with one attached hydrogen (secondary N) is 1. The van der Waals surface area contributed by atoms with Crippen molar-refractivity contribution in [3.63, 3.8) is 0 Å². The number of aromatic nitrogens is 2. The first-order chi connectivity index (χ1) is 10.1. The molecule has 5 nitrogen and oxygen atoms in total. The van der Waals surface area contributed by atoms with E-state index in [1.807, 2.05) is 30.0 Å². The van der Waals surface area contributed by atoms with Gasteiger partial charge in [0, 0.05) is 35.8 Å². The minimum absolute atomic E-state index is 0.0919. The summed E-state index contributed by atoms with van der Waals surface area (Å²) in [6.45, 7) is 3.43. The molecule has 0 aromatic carbocycles. The Morgan fingerprint density at radius 1 is 1.43 bits per heavy atom. The molecule has 1 aliphatic rings. The summed E-state index contributed by atoms with van der Waals surface area (Å²) in [6, 6.07) is 5.69. The molecule has 0 aliphatic carbocycles. The van der Waals surface area contributed by atoms with Gasteiger partial charge in [-0.3, -0.25) is 4.79 Å². The van der Waals surface area contributed by atoms with Crippen molar-refractivity contribution < 1.29 is 4.79 Å². The molecule has 21 heavy (non-hydrogen) atoms. The summed E-state index contributed by atoms with van der Waals surface area (Å²) in [5.41, 5.74) is 0.541. The van der Waals surface area contributed by atoms with Crippen LogP contribution in [0.3, 0.4) is 0 Å². The molecule has 1 unspecified atom stereocenters. The molecule has 1 aliphatic heterocycles. The molecule has 3 rings (SSSR count). The van der Waals surface area contributed by atoms with Gasteiger partial charge in [-0.25, -0.2) is 9.78 Å². The van der Waals surface area contributed by atoms with Crippen molar-refractivity contribution in [3.05, 3.63) is 50.3 Å². The summed E-state index contributed by atoms with van der Waals surface area (Å²) < 4.78 is 0. The van der Waals surface area contributed by atoms with Crippen LogP contribution in [0.1, 0.15) is 39.0 Å². The molecule has 3 heterocycles. The van der Waals surface area contributed by atoms with Gasteiger partial charge in [0.15, 0.2) is 0 Å². The molecule has 110 valence electrons. The van der Waals surface area contributed by atoms with Crippen molar-refractivity contribution in [2.24, 2.45) is 0 Å². The lowest BCUT2D eigenvalue weighted by Crippen LogP contribution is -2.39. The van der Waals surface area contributed by atoms with E-state index in [0.717, 1.165) is 34.8 Å². The summed E-state index contributed by atoms with van der Waals surface area (Å²) in [4.78, 5) is 34.1. The second-order valence-corrected chi connectivity index (χ2v) is 6.62. The van der Waals surface area contributed by atoms with Gasteiger partial charge in [-0.2, -0.15) is 0 Å². The van der Waals surface area contributed by atoms with Gasteiger partial charge in [-0.1, -0.05) is 0 Å². The third kappa shape index (κ3) is 3.05. The molecule has 0 spiro atoms. The molecule has 1 fully saturated rings. The van der Waals surface area contributed by atoms with E-state index < -0.39 is 0 Å². The number of aromatic amines is 1. The van der Waals surface area contributed by atoms with Gasteiger partial charge >= 0.3 is 5.69 Å². The van der Waals surface area contributed by atoms with Gasteiger partial charge < -0.3 is 9.88 Å². The van der Waals surface area contributed by atoms with Crippen molar-refractivity contribution in [1.82, 2.24) is 14.9 Å². The van der Waals surface area contributed by atoms with Crippen molar-refractivity contribution in [2.45, 2.75) is 25.7 Å². The van der Waals surface area contributed by atoms with E-state index in [1.165, 1.54) is 17.5 Å². The summed E-state index contributed by atoms with van der Waals surface area (Å²) >= 11 is 1.53. The zero-order valence-electron chi connectivity index (χ0n) is 11.8. The molecule has 0 bridgehead atoms. The Hall–Kier alpha value is -1.95. The number of amides is 1. The number of aryl methyl sites for hydroxylation is 1. The van der Waals surface area contributed by atoms with Crippen LogP contribution in [0.25, 0.3) is 0 Å². The van der Waals surface area contributed by atoms with Crippen LogP contribution >= 0.6 is 11.3 Å². The highest BCUT2D eigenvalue weighted by atomic mass is 32.1. The first-order valence-electron chi connectivity index (χ1n) is 7.04. The number of piperidine rings is 1. The lowest BCUT2D eigenvalue weighted by molar-refractivity contribution is 0.0710. The van der Waals surface area contributed by atoms with Crippen LogP contribution in [0.5, 0.6) is 0 Å². The van der Waals surface area contributed by atoms with Crippen molar-refractivity contribution >= 4 is 17.2 Å². The van der Waals surface area contributed by atoms with Crippen LogP contribution in [-0.4, -0.2) is 33.9 Å².